The number of benzene rings is 1. The maximum atomic E-state index is 13.5. The molecule has 9 nitrogen and oxygen atoms in total. The standard InChI is InChI=1S/C22H23F2N5O4/c1-33-18-4-2-3-17(25-18)22(20(31)26-21(32)27-22)6-5-19(30)29-9-7-28(8-10-29)16-12-14(23)11-15(24)13-16/h2-4,11-13H,5-10H2,1H3,(H2,26,27,31,32). The lowest BCUT2D eigenvalue weighted by Crippen LogP contribution is -2.50. The molecule has 0 aliphatic carbocycles. The van der Waals surface area contributed by atoms with Crippen molar-refractivity contribution in [2.75, 3.05) is 38.2 Å². The Morgan fingerprint density at radius 3 is 2.42 bits per heavy atom. The Balaban J connectivity index is 1.42. The van der Waals surface area contributed by atoms with E-state index in [4.69, 9.17) is 4.74 Å². The molecule has 4 amide bonds. The van der Waals surface area contributed by atoms with E-state index in [0.29, 0.717) is 31.9 Å². The average molecular weight is 459 g/mol. The summed E-state index contributed by atoms with van der Waals surface area (Å²) < 4.78 is 32.1. The second kappa shape index (κ2) is 9.00. The molecule has 1 aromatic carbocycles. The van der Waals surface area contributed by atoms with E-state index in [0.717, 1.165) is 6.07 Å². The Morgan fingerprint density at radius 2 is 1.82 bits per heavy atom. The van der Waals surface area contributed by atoms with Gasteiger partial charge in [-0.15, -0.1) is 0 Å². The maximum Gasteiger partial charge on any atom is 0.322 e. The normalized spacial score (nSPS) is 20.5. The molecule has 2 aliphatic heterocycles. The predicted molar refractivity (Wildman–Crippen MR) is 114 cm³/mol. The van der Waals surface area contributed by atoms with Crippen LogP contribution in [0, 0.1) is 11.6 Å². The first-order valence-electron chi connectivity index (χ1n) is 10.4. The molecule has 0 radical (unpaired) electrons. The van der Waals surface area contributed by atoms with Crippen LogP contribution in [-0.2, 0) is 15.1 Å². The molecule has 0 saturated carbocycles. The third-order valence-corrected chi connectivity index (χ3v) is 5.87. The summed E-state index contributed by atoms with van der Waals surface area (Å²) in [6.07, 6.45) is 0.0000787. The van der Waals surface area contributed by atoms with Gasteiger partial charge in [0.15, 0.2) is 5.54 Å². The quantitative estimate of drug-likeness (QED) is 0.635. The van der Waals surface area contributed by atoms with Crippen molar-refractivity contribution >= 4 is 23.5 Å². The number of nitrogens with one attached hydrogen (secondary N) is 2. The van der Waals surface area contributed by atoms with Gasteiger partial charge < -0.3 is 19.9 Å². The smallest absolute Gasteiger partial charge is 0.322 e. The molecule has 174 valence electrons. The predicted octanol–water partition coefficient (Wildman–Crippen LogP) is 1.53. The van der Waals surface area contributed by atoms with Crippen molar-refractivity contribution in [3.63, 3.8) is 0 Å². The summed E-state index contributed by atoms with van der Waals surface area (Å²) in [4.78, 5) is 45.2. The van der Waals surface area contributed by atoms with Crippen molar-refractivity contribution < 1.29 is 27.9 Å². The first kappa shape index (κ1) is 22.4. The third kappa shape index (κ3) is 4.57. The summed E-state index contributed by atoms with van der Waals surface area (Å²) in [6.45, 7) is 1.54. The van der Waals surface area contributed by atoms with Crippen LogP contribution in [0.4, 0.5) is 19.3 Å². The minimum absolute atomic E-state index is 0.0127. The van der Waals surface area contributed by atoms with Crippen molar-refractivity contribution in [1.82, 2.24) is 20.5 Å². The van der Waals surface area contributed by atoms with Crippen molar-refractivity contribution in [1.29, 1.82) is 0 Å². The Hall–Kier alpha value is -3.76. The van der Waals surface area contributed by atoms with Gasteiger partial charge in [0.1, 0.15) is 11.6 Å². The number of urea groups is 1. The largest absolute Gasteiger partial charge is 0.481 e. The fraction of sp³-hybridized carbons (Fsp3) is 0.364. The fourth-order valence-electron chi connectivity index (χ4n) is 4.13. The summed E-state index contributed by atoms with van der Waals surface area (Å²) >= 11 is 0. The molecular weight excluding hydrogens is 436 g/mol. The van der Waals surface area contributed by atoms with E-state index in [9.17, 15) is 23.2 Å². The molecule has 0 bridgehead atoms. The lowest BCUT2D eigenvalue weighted by Gasteiger charge is -2.36. The van der Waals surface area contributed by atoms with Gasteiger partial charge >= 0.3 is 6.03 Å². The summed E-state index contributed by atoms with van der Waals surface area (Å²) in [6, 6.07) is 7.52. The summed E-state index contributed by atoms with van der Waals surface area (Å²) in [5.41, 5.74) is -0.786. The van der Waals surface area contributed by atoms with E-state index in [1.54, 1.807) is 23.1 Å². The number of aromatic nitrogens is 1. The number of halogens is 2. The molecule has 1 unspecified atom stereocenters. The highest BCUT2D eigenvalue weighted by Gasteiger charge is 2.49. The van der Waals surface area contributed by atoms with Crippen LogP contribution in [0.5, 0.6) is 5.88 Å². The molecule has 33 heavy (non-hydrogen) atoms. The van der Waals surface area contributed by atoms with Gasteiger partial charge in [-0.05, 0) is 24.6 Å². The molecule has 2 aromatic rings. The molecule has 2 fully saturated rings. The van der Waals surface area contributed by atoms with E-state index < -0.39 is 29.1 Å². The van der Waals surface area contributed by atoms with Crippen LogP contribution in [0.25, 0.3) is 0 Å². The minimum atomic E-state index is -1.48. The van der Waals surface area contributed by atoms with Gasteiger partial charge in [-0.3, -0.25) is 14.9 Å². The SMILES string of the molecule is COc1cccc(C2(CCC(=O)N3CCN(c4cc(F)cc(F)c4)CC3)NC(=O)NC2=O)n1. The van der Waals surface area contributed by atoms with Gasteiger partial charge in [0.25, 0.3) is 5.91 Å². The highest BCUT2D eigenvalue weighted by atomic mass is 19.1. The monoisotopic (exact) mass is 459 g/mol. The molecule has 1 atom stereocenters. The maximum absolute atomic E-state index is 13.5. The van der Waals surface area contributed by atoms with E-state index >= 15 is 0 Å². The number of rotatable bonds is 6. The number of ether oxygens (including phenoxy) is 1. The Bertz CT molecular complexity index is 1070. The zero-order valence-corrected chi connectivity index (χ0v) is 17.9. The van der Waals surface area contributed by atoms with Gasteiger partial charge in [0.2, 0.25) is 11.8 Å². The lowest BCUT2D eigenvalue weighted by molar-refractivity contribution is -0.132. The lowest BCUT2D eigenvalue weighted by atomic mass is 9.88. The summed E-state index contributed by atoms with van der Waals surface area (Å²) in [7, 11) is 1.44. The molecule has 2 aliphatic rings. The topological polar surface area (TPSA) is 104 Å². The van der Waals surface area contributed by atoms with E-state index in [1.165, 1.54) is 19.2 Å². The molecule has 3 heterocycles. The number of anilines is 1. The van der Waals surface area contributed by atoms with Crippen LogP contribution in [0.2, 0.25) is 0 Å². The van der Waals surface area contributed by atoms with Crippen LogP contribution < -0.4 is 20.3 Å². The van der Waals surface area contributed by atoms with Crippen LogP contribution in [0.15, 0.2) is 36.4 Å². The van der Waals surface area contributed by atoms with E-state index in [2.05, 4.69) is 15.6 Å². The number of amides is 4. The highest BCUT2D eigenvalue weighted by molar-refractivity contribution is 6.07. The van der Waals surface area contributed by atoms with Gasteiger partial charge in [-0.2, -0.15) is 0 Å². The van der Waals surface area contributed by atoms with Crippen molar-refractivity contribution in [2.45, 2.75) is 18.4 Å². The number of carbonyl (C=O) groups excluding carboxylic acids is 3. The number of methoxy groups -OCH3 is 1. The summed E-state index contributed by atoms with van der Waals surface area (Å²) in [5, 5.41) is 4.83. The molecular formula is C22H23F2N5O4. The summed E-state index contributed by atoms with van der Waals surface area (Å²) in [5.74, 6) is -1.82. The Morgan fingerprint density at radius 1 is 1.12 bits per heavy atom. The molecule has 2 saturated heterocycles. The highest BCUT2D eigenvalue weighted by Crippen LogP contribution is 2.30. The first-order chi connectivity index (χ1) is 15.8. The number of imide groups is 1. The molecule has 11 heteroatoms. The van der Waals surface area contributed by atoms with Gasteiger partial charge in [0.05, 0.1) is 12.8 Å². The molecule has 0 spiro atoms. The zero-order chi connectivity index (χ0) is 23.6. The number of hydrogen-bond acceptors (Lipinski definition) is 6. The van der Waals surface area contributed by atoms with Crippen LogP contribution in [0.1, 0.15) is 18.5 Å². The van der Waals surface area contributed by atoms with E-state index in [1.807, 2.05) is 4.90 Å². The molecule has 1 aromatic heterocycles. The van der Waals surface area contributed by atoms with E-state index in [-0.39, 0.29) is 30.3 Å². The second-order valence-electron chi connectivity index (χ2n) is 7.87. The zero-order valence-electron chi connectivity index (χ0n) is 17.9. The van der Waals surface area contributed by atoms with Crippen LogP contribution in [-0.4, -0.2) is 61.0 Å². The first-order valence-corrected chi connectivity index (χ1v) is 10.4. The average Bonchev–Trinajstić information content (AvgIpc) is 3.10. The number of piperazine rings is 1. The van der Waals surface area contributed by atoms with Crippen molar-refractivity contribution in [3.8, 4) is 5.88 Å². The second-order valence-corrected chi connectivity index (χ2v) is 7.87. The van der Waals surface area contributed by atoms with Crippen LogP contribution >= 0.6 is 0 Å². The fourth-order valence-corrected chi connectivity index (χ4v) is 4.13. The van der Waals surface area contributed by atoms with Gasteiger partial charge in [-0.1, -0.05) is 6.07 Å². The number of hydrogen-bond donors (Lipinski definition) is 2. The van der Waals surface area contributed by atoms with Gasteiger partial charge in [-0.25, -0.2) is 18.6 Å². The number of nitrogens with zero attached hydrogens (tertiary/aromatic N) is 3. The number of pyridine rings is 1. The van der Waals surface area contributed by atoms with Crippen molar-refractivity contribution in [2.24, 2.45) is 0 Å². The van der Waals surface area contributed by atoms with Crippen LogP contribution in [0.3, 0.4) is 0 Å². The minimum Gasteiger partial charge on any atom is -0.481 e. The Kier molecular flexibility index (Phi) is 6.12. The Labute approximate surface area is 188 Å². The molecule has 2 N–H and O–H groups in total. The molecule has 4 rings (SSSR count). The third-order valence-electron chi connectivity index (χ3n) is 5.87. The number of carbonyl (C=O) groups is 3. The van der Waals surface area contributed by atoms with Crippen molar-refractivity contribution in [3.05, 3.63) is 53.7 Å². The van der Waals surface area contributed by atoms with Gasteiger partial charge in [0, 0.05) is 50.4 Å².